The average molecular weight is 347 g/mol. The Hall–Kier alpha value is -1.69. The van der Waals surface area contributed by atoms with E-state index in [0.717, 1.165) is 18.5 Å². The van der Waals surface area contributed by atoms with Gasteiger partial charge in [-0.1, -0.05) is 19.1 Å². The van der Waals surface area contributed by atoms with E-state index in [1.807, 2.05) is 6.92 Å². The van der Waals surface area contributed by atoms with Gasteiger partial charge in [-0.05, 0) is 30.0 Å². The van der Waals surface area contributed by atoms with Gasteiger partial charge in [-0.3, -0.25) is 9.59 Å². The Labute approximate surface area is 147 Å². The van der Waals surface area contributed by atoms with E-state index in [1.165, 1.54) is 17.7 Å². The van der Waals surface area contributed by atoms with Crippen LogP contribution in [-0.2, 0) is 22.6 Å². The summed E-state index contributed by atoms with van der Waals surface area (Å²) < 4.78 is 0. The van der Waals surface area contributed by atoms with Gasteiger partial charge in [0.1, 0.15) is 6.04 Å². The number of benzene rings is 1. The molecule has 1 aromatic rings. The Morgan fingerprint density at radius 2 is 2.21 bits per heavy atom. The van der Waals surface area contributed by atoms with Gasteiger partial charge in [0.05, 0.1) is 5.88 Å². The van der Waals surface area contributed by atoms with Gasteiger partial charge < -0.3 is 15.1 Å². The van der Waals surface area contributed by atoms with Crippen LogP contribution in [0.2, 0.25) is 0 Å². The molecule has 1 saturated heterocycles. The zero-order valence-corrected chi connectivity index (χ0v) is 15.2. The second-order valence-electron chi connectivity index (χ2n) is 6.44. The van der Waals surface area contributed by atoms with Gasteiger partial charge in [-0.2, -0.15) is 0 Å². The predicted molar refractivity (Wildman–Crippen MR) is 98.1 cm³/mol. The van der Waals surface area contributed by atoms with E-state index >= 15 is 0 Å². The number of anilines is 1. The maximum absolute atomic E-state index is 12.5. The van der Waals surface area contributed by atoms with Crippen LogP contribution in [0.5, 0.6) is 0 Å². The first-order chi connectivity index (χ1) is 11.6. The van der Waals surface area contributed by atoms with Gasteiger partial charge >= 0.3 is 0 Å². The molecule has 0 aliphatic carbocycles. The van der Waals surface area contributed by atoms with E-state index in [-0.39, 0.29) is 17.9 Å². The summed E-state index contributed by atoms with van der Waals surface area (Å²) in [6.07, 6.45) is 2.72. The third kappa shape index (κ3) is 3.53. The van der Waals surface area contributed by atoms with Gasteiger partial charge in [-0.25, -0.2) is 0 Å². The monoisotopic (exact) mass is 347 g/mol. The fourth-order valence-corrected chi connectivity index (χ4v) is 4.54. The van der Waals surface area contributed by atoms with Crippen molar-refractivity contribution in [1.29, 1.82) is 0 Å². The number of amides is 2. The van der Waals surface area contributed by atoms with Crippen molar-refractivity contribution in [2.75, 3.05) is 30.1 Å². The normalized spacial score (nSPS) is 20.0. The fraction of sp³-hybridized carbons (Fsp3) is 0.556. The number of hydrogen-bond acceptors (Lipinski definition) is 4. The first kappa shape index (κ1) is 17.1. The molecule has 0 saturated carbocycles. The molecule has 130 valence electrons. The number of nitrogens with zero attached hydrogens (tertiary/aromatic N) is 2. The molecule has 2 aliphatic rings. The topological polar surface area (TPSA) is 52.7 Å². The molecule has 1 atom stereocenters. The Morgan fingerprint density at radius 1 is 1.38 bits per heavy atom. The molecule has 0 radical (unpaired) electrons. The number of carbonyl (C=O) groups excluding carboxylic acids is 2. The maximum Gasteiger partial charge on any atom is 0.243 e. The average Bonchev–Trinajstić information content (AvgIpc) is 3.09. The summed E-state index contributed by atoms with van der Waals surface area (Å²) in [5.41, 5.74) is 3.77. The van der Waals surface area contributed by atoms with Gasteiger partial charge in [-0.15, -0.1) is 11.8 Å². The third-order valence-corrected chi connectivity index (χ3v) is 5.78. The number of carbonyl (C=O) groups is 2. The molecule has 0 spiro atoms. The molecule has 2 amide bonds. The number of fused-ring (bicyclic) bond motifs is 1. The van der Waals surface area contributed by atoms with Crippen molar-refractivity contribution >= 4 is 29.3 Å². The predicted octanol–water partition coefficient (Wildman–Crippen LogP) is 2.00. The zero-order chi connectivity index (χ0) is 17.1. The largest absolute Gasteiger partial charge is 0.374 e. The molecule has 2 heterocycles. The SMILES string of the molecule is CCC(=O)N1CSC[C@H]1C(=O)NCc1ccc2c(c1)CCCN2C. The van der Waals surface area contributed by atoms with E-state index < -0.39 is 0 Å². The van der Waals surface area contributed by atoms with Crippen molar-refractivity contribution in [2.45, 2.75) is 38.8 Å². The first-order valence-electron chi connectivity index (χ1n) is 8.58. The number of hydrogen-bond donors (Lipinski definition) is 1. The summed E-state index contributed by atoms with van der Waals surface area (Å²) in [4.78, 5) is 28.4. The molecule has 3 rings (SSSR count). The standard InChI is InChI=1S/C18H25N3O2S/c1-3-17(22)21-12-24-11-16(21)18(23)19-10-13-6-7-15-14(9-13)5-4-8-20(15)2/h6-7,9,16H,3-5,8,10-12H2,1-2H3,(H,19,23)/t16-/m0/s1. The molecule has 0 aromatic heterocycles. The lowest BCUT2D eigenvalue weighted by Gasteiger charge is -2.28. The lowest BCUT2D eigenvalue weighted by atomic mass is 9.99. The summed E-state index contributed by atoms with van der Waals surface area (Å²) >= 11 is 1.64. The number of rotatable bonds is 4. The Bertz CT molecular complexity index is 635. The summed E-state index contributed by atoms with van der Waals surface area (Å²) in [7, 11) is 2.12. The highest BCUT2D eigenvalue weighted by atomic mass is 32.2. The van der Waals surface area contributed by atoms with Crippen molar-refractivity contribution in [3.63, 3.8) is 0 Å². The lowest BCUT2D eigenvalue weighted by Crippen LogP contribution is -2.46. The highest BCUT2D eigenvalue weighted by Crippen LogP contribution is 2.27. The van der Waals surface area contributed by atoms with Gasteiger partial charge in [0.2, 0.25) is 11.8 Å². The maximum atomic E-state index is 12.5. The third-order valence-electron chi connectivity index (χ3n) is 4.77. The summed E-state index contributed by atoms with van der Waals surface area (Å²) in [5.74, 6) is 1.32. The van der Waals surface area contributed by atoms with Crippen LogP contribution in [-0.4, -0.2) is 48.0 Å². The first-order valence-corrected chi connectivity index (χ1v) is 9.73. The highest BCUT2D eigenvalue weighted by molar-refractivity contribution is 7.99. The lowest BCUT2D eigenvalue weighted by molar-refractivity contribution is -0.137. The molecule has 2 aliphatic heterocycles. The molecule has 5 nitrogen and oxygen atoms in total. The number of aryl methyl sites for hydroxylation is 1. The quantitative estimate of drug-likeness (QED) is 0.905. The van der Waals surface area contributed by atoms with Crippen molar-refractivity contribution in [3.05, 3.63) is 29.3 Å². The molecule has 6 heteroatoms. The molecule has 0 bridgehead atoms. The summed E-state index contributed by atoms with van der Waals surface area (Å²) in [5, 5.41) is 3.01. The van der Waals surface area contributed by atoms with E-state index in [9.17, 15) is 9.59 Å². The molecular formula is C18H25N3O2S. The molecule has 0 unspecified atom stereocenters. The Kier molecular flexibility index (Phi) is 5.33. The molecule has 1 aromatic carbocycles. The number of thioether (sulfide) groups is 1. The van der Waals surface area contributed by atoms with Crippen molar-refractivity contribution in [1.82, 2.24) is 10.2 Å². The van der Waals surface area contributed by atoms with Crippen molar-refractivity contribution in [3.8, 4) is 0 Å². The fourth-order valence-electron chi connectivity index (χ4n) is 3.36. The smallest absolute Gasteiger partial charge is 0.243 e. The van der Waals surface area contributed by atoms with Crippen molar-refractivity contribution < 1.29 is 9.59 Å². The summed E-state index contributed by atoms with van der Waals surface area (Å²) in [6, 6.07) is 6.10. The van der Waals surface area contributed by atoms with Crippen LogP contribution in [0.15, 0.2) is 18.2 Å². The van der Waals surface area contributed by atoms with Gasteiger partial charge in [0.15, 0.2) is 0 Å². The van der Waals surface area contributed by atoms with Gasteiger partial charge in [0.25, 0.3) is 0 Å². The van der Waals surface area contributed by atoms with Crippen molar-refractivity contribution in [2.24, 2.45) is 0 Å². The summed E-state index contributed by atoms with van der Waals surface area (Å²) in [6.45, 7) is 3.46. The minimum atomic E-state index is -0.328. The molecule has 24 heavy (non-hydrogen) atoms. The van der Waals surface area contributed by atoms with Crippen LogP contribution in [0.1, 0.15) is 30.9 Å². The molecule has 1 N–H and O–H groups in total. The van der Waals surface area contributed by atoms with Crippen LogP contribution in [0.4, 0.5) is 5.69 Å². The molecular weight excluding hydrogens is 322 g/mol. The van der Waals surface area contributed by atoms with E-state index in [2.05, 4.69) is 35.5 Å². The van der Waals surface area contributed by atoms with Crippen LogP contribution in [0.25, 0.3) is 0 Å². The van der Waals surface area contributed by atoms with Crippen LogP contribution >= 0.6 is 11.8 Å². The van der Waals surface area contributed by atoms with Crippen LogP contribution in [0.3, 0.4) is 0 Å². The van der Waals surface area contributed by atoms with E-state index in [4.69, 9.17) is 0 Å². The van der Waals surface area contributed by atoms with Crippen LogP contribution in [0, 0.1) is 0 Å². The van der Waals surface area contributed by atoms with Gasteiger partial charge in [0, 0.05) is 38.0 Å². The minimum absolute atomic E-state index is 0.0448. The second-order valence-corrected chi connectivity index (χ2v) is 7.44. The Balaban J connectivity index is 1.61. The van der Waals surface area contributed by atoms with E-state index in [1.54, 1.807) is 16.7 Å². The highest BCUT2D eigenvalue weighted by Gasteiger charge is 2.33. The minimum Gasteiger partial charge on any atom is -0.374 e. The second kappa shape index (κ2) is 7.47. The Morgan fingerprint density at radius 3 is 3.00 bits per heavy atom. The molecule has 1 fully saturated rings. The van der Waals surface area contributed by atoms with Crippen LogP contribution < -0.4 is 10.2 Å². The zero-order valence-electron chi connectivity index (χ0n) is 14.4. The number of nitrogens with one attached hydrogen (secondary N) is 1. The van der Waals surface area contributed by atoms with E-state index in [0.29, 0.717) is 24.6 Å².